The number of piperidine rings is 1. The predicted octanol–water partition coefficient (Wildman–Crippen LogP) is 4.18. The summed E-state index contributed by atoms with van der Waals surface area (Å²) in [6, 6.07) is 18.0. The Morgan fingerprint density at radius 2 is 1.73 bits per heavy atom. The van der Waals surface area contributed by atoms with Crippen LogP contribution in [0.1, 0.15) is 40.2 Å². The number of carbonyl (C=O) groups is 1. The van der Waals surface area contributed by atoms with Crippen molar-refractivity contribution in [3.63, 3.8) is 0 Å². The van der Waals surface area contributed by atoms with E-state index >= 15 is 0 Å². The Hall–Kier alpha value is -3.69. The van der Waals surface area contributed by atoms with E-state index in [1.807, 2.05) is 12.1 Å². The molecule has 0 spiro atoms. The number of carbonyl (C=O) groups excluding carboxylic acids is 1. The fourth-order valence-electron chi connectivity index (χ4n) is 4.69. The first-order valence-electron chi connectivity index (χ1n) is 12.0. The summed E-state index contributed by atoms with van der Waals surface area (Å²) in [7, 11) is -3.65. The van der Waals surface area contributed by atoms with Gasteiger partial charge in [0.2, 0.25) is 0 Å². The van der Waals surface area contributed by atoms with Crippen LogP contribution in [-0.2, 0) is 21.2 Å². The maximum absolute atomic E-state index is 13.6. The lowest BCUT2D eigenvalue weighted by Gasteiger charge is -2.38. The van der Waals surface area contributed by atoms with Gasteiger partial charge >= 0.3 is 0 Å². The Kier molecular flexibility index (Phi) is 6.51. The number of halogens is 1. The zero-order valence-electron chi connectivity index (χ0n) is 20.3. The number of benzene rings is 2. The zero-order chi connectivity index (χ0) is 26.2. The van der Waals surface area contributed by atoms with Crippen molar-refractivity contribution in [3.05, 3.63) is 101 Å². The van der Waals surface area contributed by atoms with Gasteiger partial charge in [0.25, 0.3) is 5.91 Å². The van der Waals surface area contributed by atoms with Crippen LogP contribution in [0.3, 0.4) is 0 Å². The van der Waals surface area contributed by atoms with Gasteiger partial charge in [-0.2, -0.15) is 0 Å². The third kappa shape index (κ3) is 4.97. The molecule has 1 fully saturated rings. The Labute approximate surface area is 214 Å². The number of hydrogen-bond donors (Lipinski definition) is 1. The molecule has 5 rings (SSSR count). The minimum absolute atomic E-state index is 0.178. The molecular formula is C28H26FN3O4S. The Bertz CT molecular complexity index is 1580. The summed E-state index contributed by atoms with van der Waals surface area (Å²) < 4.78 is 39.9. The standard InChI is InChI=1S/C28H26FN3O4S/c1-19-23(29)11-12-25(31-19)28(34)13-16-32(17-14-28)27(33)22-9-7-20(8-10-22)18-37(35,36)24-6-2-4-21-5-3-15-30-26(21)24/h2-12,15,34H,13-14,16-18H2,1H3. The second-order valence-electron chi connectivity index (χ2n) is 9.37. The minimum atomic E-state index is -3.65. The first-order chi connectivity index (χ1) is 17.7. The van der Waals surface area contributed by atoms with Gasteiger partial charge in [-0.1, -0.05) is 30.3 Å². The van der Waals surface area contributed by atoms with Crippen molar-refractivity contribution in [1.29, 1.82) is 0 Å². The van der Waals surface area contributed by atoms with Crippen molar-refractivity contribution >= 4 is 26.6 Å². The summed E-state index contributed by atoms with van der Waals surface area (Å²) in [5, 5.41) is 11.8. The largest absolute Gasteiger partial charge is 0.383 e. The molecule has 1 amide bonds. The quantitative estimate of drug-likeness (QED) is 0.425. The van der Waals surface area contributed by atoms with Gasteiger partial charge < -0.3 is 10.0 Å². The Morgan fingerprint density at radius 3 is 2.43 bits per heavy atom. The summed E-state index contributed by atoms with van der Waals surface area (Å²) >= 11 is 0. The molecule has 7 nitrogen and oxygen atoms in total. The number of nitrogens with zero attached hydrogens (tertiary/aromatic N) is 3. The van der Waals surface area contributed by atoms with Crippen molar-refractivity contribution in [1.82, 2.24) is 14.9 Å². The molecular weight excluding hydrogens is 493 g/mol. The van der Waals surface area contributed by atoms with Crippen molar-refractivity contribution in [2.24, 2.45) is 0 Å². The van der Waals surface area contributed by atoms with E-state index in [1.54, 1.807) is 60.5 Å². The molecule has 1 aliphatic heterocycles. The number of hydrogen-bond acceptors (Lipinski definition) is 6. The van der Waals surface area contributed by atoms with Crippen LogP contribution >= 0.6 is 0 Å². The molecule has 190 valence electrons. The van der Waals surface area contributed by atoms with Gasteiger partial charge in [-0.3, -0.25) is 14.8 Å². The summed E-state index contributed by atoms with van der Waals surface area (Å²) in [6.45, 7) is 2.18. The summed E-state index contributed by atoms with van der Waals surface area (Å²) in [4.78, 5) is 23.3. The van der Waals surface area contributed by atoms with Crippen LogP contribution in [0.5, 0.6) is 0 Å². The second kappa shape index (κ2) is 9.64. The van der Waals surface area contributed by atoms with Crippen LogP contribution in [0.15, 0.2) is 77.8 Å². The zero-order valence-corrected chi connectivity index (χ0v) is 21.1. The van der Waals surface area contributed by atoms with E-state index in [4.69, 9.17) is 0 Å². The molecule has 37 heavy (non-hydrogen) atoms. The van der Waals surface area contributed by atoms with Gasteiger partial charge in [-0.25, -0.2) is 12.8 Å². The van der Waals surface area contributed by atoms with Crippen molar-refractivity contribution in [2.45, 2.75) is 36.0 Å². The first-order valence-corrected chi connectivity index (χ1v) is 13.6. The first kappa shape index (κ1) is 25.0. The highest BCUT2D eigenvalue weighted by atomic mass is 32.2. The number of pyridine rings is 2. The van der Waals surface area contributed by atoms with Crippen molar-refractivity contribution < 1.29 is 22.7 Å². The number of likely N-dealkylation sites (tertiary alicyclic amines) is 1. The SMILES string of the molecule is Cc1nc(C2(O)CCN(C(=O)c3ccc(CS(=O)(=O)c4cccc5cccnc45)cc3)CC2)ccc1F. The molecule has 9 heteroatoms. The molecule has 0 aliphatic carbocycles. The smallest absolute Gasteiger partial charge is 0.253 e. The van der Waals surface area contributed by atoms with Gasteiger partial charge in [0.1, 0.15) is 11.4 Å². The van der Waals surface area contributed by atoms with E-state index < -0.39 is 21.3 Å². The molecule has 2 aromatic heterocycles. The molecule has 0 saturated carbocycles. The van der Waals surface area contributed by atoms with Gasteiger partial charge in [0, 0.05) is 30.2 Å². The van der Waals surface area contributed by atoms with Gasteiger partial charge in [-0.05, 0) is 61.7 Å². The highest BCUT2D eigenvalue weighted by molar-refractivity contribution is 7.90. The lowest BCUT2D eigenvalue weighted by atomic mass is 9.87. The maximum Gasteiger partial charge on any atom is 0.253 e. The van der Waals surface area contributed by atoms with Crippen LogP contribution in [0.2, 0.25) is 0 Å². The maximum atomic E-state index is 13.6. The van der Waals surface area contributed by atoms with Crippen molar-refractivity contribution in [3.8, 4) is 0 Å². The highest BCUT2D eigenvalue weighted by Gasteiger charge is 2.37. The second-order valence-corrected chi connectivity index (χ2v) is 11.3. The fraction of sp³-hybridized carbons (Fsp3) is 0.250. The molecule has 2 aromatic carbocycles. The molecule has 0 radical (unpaired) electrons. The van der Waals surface area contributed by atoms with E-state index in [0.717, 1.165) is 5.39 Å². The molecule has 0 bridgehead atoms. The van der Waals surface area contributed by atoms with E-state index in [9.17, 15) is 22.7 Å². The molecule has 1 N–H and O–H groups in total. The Balaban J connectivity index is 1.26. The van der Waals surface area contributed by atoms with Crippen LogP contribution in [-0.4, -0.2) is 47.4 Å². The van der Waals surface area contributed by atoms with Crippen LogP contribution < -0.4 is 0 Å². The van der Waals surface area contributed by atoms with Crippen LogP contribution in [0, 0.1) is 12.7 Å². The number of aryl methyl sites for hydroxylation is 1. The fourth-order valence-corrected chi connectivity index (χ4v) is 6.23. The van der Waals surface area contributed by atoms with Crippen molar-refractivity contribution in [2.75, 3.05) is 13.1 Å². The third-order valence-electron chi connectivity index (χ3n) is 6.86. The Morgan fingerprint density at radius 1 is 1.03 bits per heavy atom. The van der Waals surface area contributed by atoms with E-state index in [-0.39, 0.29) is 35.1 Å². The number of fused-ring (bicyclic) bond motifs is 1. The summed E-state index contributed by atoms with van der Waals surface area (Å²) in [6.07, 6.45) is 2.14. The van der Waals surface area contributed by atoms with E-state index in [1.165, 1.54) is 12.1 Å². The number of rotatable bonds is 5. The average molecular weight is 520 g/mol. The molecule has 4 aromatic rings. The molecule has 1 saturated heterocycles. The number of aromatic nitrogens is 2. The van der Waals surface area contributed by atoms with E-state index in [0.29, 0.717) is 35.4 Å². The normalized spacial score (nSPS) is 15.6. The van der Waals surface area contributed by atoms with Crippen LogP contribution in [0.4, 0.5) is 4.39 Å². The topological polar surface area (TPSA) is 100 Å². The molecule has 0 atom stereocenters. The summed E-state index contributed by atoms with van der Waals surface area (Å²) in [5.41, 5.74) is 0.857. The highest BCUT2D eigenvalue weighted by Crippen LogP contribution is 2.32. The lowest BCUT2D eigenvalue weighted by molar-refractivity contribution is -0.0245. The average Bonchev–Trinajstić information content (AvgIpc) is 2.90. The van der Waals surface area contributed by atoms with Gasteiger partial charge in [0.05, 0.1) is 27.6 Å². The van der Waals surface area contributed by atoms with E-state index in [2.05, 4.69) is 9.97 Å². The minimum Gasteiger partial charge on any atom is -0.383 e. The predicted molar refractivity (Wildman–Crippen MR) is 137 cm³/mol. The number of amides is 1. The molecule has 0 unspecified atom stereocenters. The third-order valence-corrected chi connectivity index (χ3v) is 8.58. The summed E-state index contributed by atoms with van der Waals surface area (Å²) in [5.74, 6) is -0.833. The number of aliphatic hydroxyl groups is 1. The number of para-hydroxylation sites is 1. The van der Waals surface area contributed by atoms with Gasteiger partial charge in [-0.15, -0.1) is 0 Å². The van der Waals surface area contributed by atoms with Crippen LogP contribution in [0.25, 0.3) is 10.9 Å². The van der Waals surface area contributed by atoms with Gasteiger partial charge in [0.15, 0.2) is 9.84 Å². The lowest BCUT2D eigenvalue weighted by Crippen LogP contribution is -2.45. The molecule has 1 aliphatic rings. The molecule has 3 heterocycles. The number of sulfone groups is 1. The monoisotopic (exact) mass is 519 g/mol.